The second-order valence-corrected chi connectivity index (χ2v) is 8.03. The monoisotopic (exact) mass is 497 g/mol. The molecule has 147 valence electrons. The van der Waals surface area contributed by atoms with Crippen molar-refractivity contribution in [2.75, 3.05) is 0 Å². The SMILES string of the molecule is Cc1ccc2c(c1)=c1cc(C)c(=C3CCCCC3)c(C3=CC=CC3)c1[C-]=2.[Cl-].[Cl-].[Zr+3]. The van der Waals surface area contributed by atoms with E-state index in [-0.39, 0.29) is 51.0 Å². The summed E-state index contributed by atoms with van der Waals surface area (Å²) in [7, 11) is 0. The number of allylic oxidation sites excluding steroid dienone is 4. The van der Waals surface area contributed by atoms with Gasteiger partial charge in [0.25, 0.3) is 0 Å². The van der Waals surface area contributed by atoms with E-state index < -0.39 is 0 Å². The fraction of sp³-hybridized carbons (Fsp3) is 0.308. The number of aryl methyl sites for hydroxylation is 2. The average Bonchev–Trinajstić information content (AvgIpc) is 3.29. The summed E-state index contributed by atoms with van der Waals surface area (Å²) >= 11 is 0. The van der Waals surface area contributed by atoms with E-state index >= 15 is 0 Å². The van der Waals surface area contributed by atoms with Gasteiger partial charge >= 0.3 is 26.2 Å². The van der Waals surface area contributed by atoms with E-state index in [9.17, 15) is 0 Å². The number of hydrogen-bond acceptors (Lipinski definition) is 0. The van der Waals surface area contributed by atoms with Crippen molar-refractivity contribution in [2.45, 2.75) is 52.4 Å². The van der Waals surface area contributed by atoms with Crippen molar-refractivity contribution in [1.29, 1.82) is 0 Å². The summed E-state index contributed by atoms with van der Waals surface area (Å²) in [6, 6.07) is 9.19. The van der Waals surface area contributed by atoms with Crippen LogP contribution in [-0.2, 0) is 26.2 Å². The minimum Gasteiger partial charge on any atom is -1.00 e. The molecule has 1 radical (unpaired) electrons. The topological polar surface area (TPSA) is 0 Å². The summed E-state index contributed by atoms with van der Waals surface area (Å²) in [6.45, 7) is 4.50. The fourth-order valence-corrected chi connectivity index (χ4v) is 4.92. The van der Waals surface area contributed by atoms with Crippen LogP contribution in [0.5, 0.6) is 0 Å². The van der Waals surface area contributed by atoms with Gasteiger partial charge in [0.15, 0.2) is 0 Å². The Balaban J connectivity index is 0.000001000. The summed E-state index contributed by atoms with van der Waals surface area (Å²) in [6.07, 6.45) is 18.2. The Kier molecular flexibility index (Phi) is 8.37. The number of rotatable bonds is 1. The van der Waals surface area contributed by atoms with Crippen LogP contribution in [0.1, 0.15) is 60.8 Å². The number of hydrogen-bond donors (Lipinski definition) is 0. The molecule has 0 bridgehead atoms. The van der Waals surface area contributed by atoms with Gasteiger partial charge in [0.2, 0.25) is 0 Å². The van der Waals surface area contributed by atoms with E-state index in [4.69, 9.17) is 0 Å². The molecule has 0 aromatic heterocycles. The molecule has 0 nitrogen and oxygen atoms in total. The van der Waals surface area contributed by atoms with E-state index in [1.54, 1.807) is 5.57 Å². The standard InChI is InChI=1S/C26H25.2ClH.Zr/c1-17-12-13-21-16-24-23(22(21)14-17)15-18(2)25(19-8-4-3-5-9-19)26(24)20-10-6-7-11-20;;;/h6-7,10,12-15H,3-5,8-9,11H2,1-2H3;2*1H;/q-1;;;+3/p-2. The molecule has 0 N–H and O–H groups in total. The van der Waals surface area contributed by atoms with Crippen LogP contribution in [0, 0.1) is 24.3 Å². The van der Waals surface area contributed by atoms with Gasteiger partial charge < -0.3 is 24.8 Å². The minimum atomic E-state index is 0. The van der Waals surface area contributed by atoms with Gasteiger partial charge in [0.1, 0.15) is 0 Å². The number of halogens is 2. The van der Waals surface area contributed by atoms with Crippen LogP contribution in [0.4, 0.5) is 0 Å². The van der Waals surface area contributed by atoms with Crippen molar-refractivity contribution in [1.82, 2.24) is 0 Å². The quantitative estimate of drug-likeness (QED) is 0.380. The largest absolute Gasteiger partial charge is 3.00 e. The molecule has 0 atom stereocenters. The fourth-order valence-electron chi connectivity index (χ4n) is 4.92. The first-order valence-corrected chi connectivity index (χ1v) is 9.99. The predicted molar refractivity (Wildman–Crippen MR) is 110 cm³/mol. The van der Waals surface area contributed by atoms with Gasteiger partial charge in [-0.25, -0.2) is 0 Å². The van der Waals surface area contributed by atoms with Crippen molar-refractivity contribution in [3.8, 4) is 0 Å². The van der Waals surface area contributed by atoms with Crippen molar-refractivity contribution in [3.05, 3.63) is 85.6 Å². The Morgan fingerprint density at radius 3 is 2.34 bits per heavy atom. The molecule has 0 saturated heterocycles. The first-order valence-electron chi connectivity index (χ1n) is 9.99. The molecule has 0 unspecified atom stereocenters. The van der Waals surface area contributed by atoms with E-state index in [0.717, 1.165) is 6.42 Å². The summed E-state index contributed by atoms with van der Waals surface area (Å²) < 4.78 is 0. The molecule has 0 heterocycles. The van der Waals surface area contributed by atoms with E-state index in [1.807, 2.05) is 0 Å². The van der Waals surface area contributed by atoms with Gasteiger partial charge in [0, 0.05) is 0 Å². The van der Waals surface area contributed by atoms with Crippen molar-refractivity contribution in [2.24, 2.45) is 0 Å². The van der Waals surface area contributed by atoms with Gasteiger partial charge in [0.05, 0.1) is 0 Å². The van der Waals surface area contributed by atoms with Crippen LogP contribution in [0.2, 0.25) is 0 Å². The van der Waals surface area contributed by atoms with Crippen LogP contribution in [-0.4, -0.2) is 0 Å². The molecule has 3 aliphatic carbocycles. The molecule has 29 heavy (non-hydrogen) atoms. The van der Waals surface area contributed by atoms with Crippen LogP contribution in [0.15, 0.2) is 42.5 Å². The Labute approximate surface area is 205 Å². The minimum absolute atomic E-state index is 0. The van der Waals surface area contributed by atoms with Crippen LogP contribution < -0.4 is 35.3 Å². The zero-order chi connectivity index (χ0) is 17.7. The van der Waals surface area contributed by atoms with Gasteiger partial charge in [-0.3, -0.25) is 0 Å². The van der Waals surface area contributed by atoms with E-state index in [0.29, 0.717) is 0 Å². The summed E-state index contributed by atoms with van der Waals surface area (Å²) in [5.41, 5.74) is 8.71. The van der Waals surface area contributed by atoms with Crippen LogP contribution in [0.25, 0.3) is 17.2 Å². The Hall–Kier alpha value is -0.877. The van der Waals surface area contributed by atoms with Gasteiger partial charge in [-0.2, -0.15) is 0 Å². The normalized spacial score (nSPS) is 15.9. The number of benzene rings is 2. The second-order valence-electron chi connectivity index (χ2n) is 8.03. The van der Waals surface area contributed by atoms with Gasteiger partial charge in [-0.05, 0) is 51.2 Å². The van der Waals surface area contributed by atoms with Gasteiger partial charge in [-0.15, -0.1) is 33.4 Å². The molecule has 1 saturated carbocycles. The molecular formula is C26H25Cl2Zr. The molecule has 3 heteroatoms. The van der Waals surface area contributed by atoms with Crippen molar-refractivity contribution in [3.63, 3.8) is 0 Å². The van der Waals surface area contributed by atoms with Gasteiger partial charge in [-0.1, -0.05) is 70.7 Å². The summed E-state index contributed by atoms with van der Waals surface area (Å²) in [4.78, 5) is 0. The zero-order valence-electron chi connectivity index (χ0n) is 17.0. The molecule has 2 aromatic rings. The smallest absolute Gasteiger partial charge is 1.00 e. The van der Waals surface area contributed by atoms with E-state index in [2.05, 4.69) is 62.4 Å². The zero-order valence-corrected chi connectivity index (χ0v) is 21.0. The third-order valence-corrected chi connectivity index (χ3v) is 6.15. The molecule has 0 spiro atoms. The van der Waals surface area contributed by atoms with Crippen molar-refractivity contribution < 1.29 is 51.0 Å². The number of fused-ring (bicyclic) bond motifs is 2. The first kappa shape index (κ1) is 24.4. The van der Waals surface area contributed by atoms with Crippen LogP contribution >= 0.6 is 0 Å². The molecule has 0 aliphatic heterocycles. The molecule has 0 amide bonds. The second kappa shape index (κ2) is 9.95. The summed E-state index contributed by atoms with van der Waals surface area (Å²) in [5.74, 6) is 0. The Morgan fingerprint density at radius 1 is 0.897 bits per heavy atom. The van der Waals surface area contributed by atoms with E-state index in [1.165, 1.54) is 80.8 Å². The molecule has 1 fully saturated rings. The molecular weight excluding hydrogens is 474 g/mol. The Bertz CT molecular complexity index is 1190. The van der Waals surface area contributed by atoms with Crippen LogP contribution in [0.3, 0.4) is 0 Å². The molecule has 2 aromatic carbocycles. The average molecular weight is 500 g/mol. The Morgan fingerprint density at radius 2 is 1.66 bits per heavy atom. The third-order valence-electron chi connectivity index (χ3n) is 6.15. The summed E-state index contributed by atoms with van der Waals surface area (Å²) in [5, 5.41) is 5.53. The first-order chi connectivity index (χ1) is 12.7. The maximum atomic E-state index is 3.78. The predicted octanol–water partition coefficient (Wildman–Crippen LogP) is -0.927. The maximum absolute atomic E-state index is 3.78. The maximum Gasteiger partial charge on any atom is 3.00 e. The molecule has 3 aliphatic rings. The van der Waals surface area contributed by atoms with Crippen molar-refractivity contribution >= 4 is 17.2 Å². The molecule has 5 rings (SSSR count). The third kappa shape index (κ3) is 4.30.